The number of hydrogen-bond acceptors (Lipinski definition) is 4. The third-order valence-corrected chi connectivity index (χ3v) is 3.96. The molecule has 0 saturated carbocycles. The van der Waals surface area contributed by atoms with E-state index in [4.69, 9.17) is 34.3 Å². The van der Waals surface area contributed by atoms with E-state index in [-0.39, 0.29) is 6.10 Å². The molecule has 0 radical (unpaired) electrons. The first-order chi connectivity index (χ1) is 7.65. The van der Waals surface area contributed by atoms with E-state index in [0.717, 1.165) is 24.0 Å². The van der Waals surface area contributed by atoms with Crippen molar-refractivity contribution in [1.82, 2.24) is 4.90 Å². The van der Waals surface area contributed by atoms with Gasteiger partial charge in [-0.1, -0.05) is 23.8 Å². The minimum atomic E-state index is -0.112. The van der Waals surface area contributed by atoms with Gasteiger partial charge in [0.25, 0.3) is 0 Å². The molecule has 1 saturated heterocycles. The molecule has 0 spiro atoms. The molecule has 2 N–H and O–H groups in total. The van der Waals surface area contributed by atoms with Crippen LogP contribution in [0.5, 0.6) is 0 Å². The van der Waals surface area contributed by atoms with Gasteiger partial charge in [-0.2, -0.15) is 0 Å². The zero-order chi connectivity index (χ0) is 11.5. The van der Waals surface area contributed by atoms with Crippen molar-refractivity contribution in [3.05, 3.63) is 21.3 Å². The summed E-state index contributed by atoms with van der Waals surface area (Å²) in [6, 6.07) is 3.98. The van der Waals surface area contributed by atoms with Crippen LogP contribution in [0.25, 0.3) is 0 Å². The molecule has 1 aliphatic rings. The van der Waals surface area contributed by atoms with Crippen LogP contribution in [0.15, 0.2) is 12.1 Å². The van der Waals surface area contributed by atoms with Crippen LogP contribution in [0.1, 0.15) is 4.88 Å². The Morgan fingerprint density at radius 3 is 3.12 bits per heavy atom. The predicted molar refractivity (Wildman–Crippen MR) is 71.1 cm³/mol. The molecule has 1 aromatic rings. The monoisotopic (exact) mass is 276 g/mol. The fourth-order valence-corrected chi connectivity index (χ4v) is 2.95. The van der Waals surface area contributed by atoms with Gasteiger partial charge in [0.15, 0.2) is 0 Å². The van der Waals surface area contributed by atoms with E-state index >= 15 is 0 Å². The minimum absolute atomic E-state index is 0.112. The molecule has 0 amide bonds. The SMILES string of the molecule is NC(=S)C1CN(Cc2ccc(Cl)s2)CCO1. The Balaban J connectivity index is 1.92. The zero-order valence-corrected chi connectivity index (χ0v) is 11.1. The Kier molecular flexibility index (Phi) is 4.16. The lowest BCUT2D eigenvalue weighted by molar-refractivity contribution is 0.00429. The summed E-state index contributed by atoms with van der Waals surface area (Å²) in [7, 11) is 0. The first kappa shape index (κ1) is 12.3. The highest BCUT2D eigenvalue weighted by atomic mass is 35.5. The third kappa shape index (κ3) is 3.15. The summed E-state index contributed by atoms with van der Waals surface area (Å²) < 4.78 is 6.31. The second-order valence-electron chi connectivity index (χ2n) is 3.70. The number of thiophene rings is 1. The molecule has 2 rings (SSSR count). The van der Waals surface area contributed by atoms with Crippen LogP contribution in [0.4, 0.5) is 0 Å². The number of hydrogen-bond donors (Lipinski definition) is 1. The highest BCUT2D eigenvalue weighted by molar-refractivity contribution is 7.80. The average molecular weight is 277 g/mol. The number of nitrogens with zero attached hydrogens (tertiary/aromatic N) is 1. The zero-order valence-electron chi connectivity index (χ0n) is 8.69. The molecular weight excluding hydrogens is 264 g/mol. The summed E-state index contributed by atoms with van der Waals surface area (Å²) in [4.78, 5) is 3.98. The normalized spacial score (nSPS) is 22.2. The van der Waals surface area contributed by atoms with Crippen LogP contribution in [-0.2, 0) is 11.3 Å². The Morgan fingerprint density at radius 1 is 1.69 bits per heavy atom. The summed E-state index contributed by atoms with van der Waals surface area (Å²) in [6.45, 7) is 3.25. The number of halogens is 1. The number of ether oxygens (including phenoxy) is 1. The predicted octanol–water partition coefficient (Wildman–Crippen LogP) is 1.89. The van der Waals surface area contributed by atoms with E-state index in [1.54, 1.807) is 11.3 Å². The highest BCUT2D eigenvalue weighted by Crippen LogP contribution is 2.23. The van der Waals surface area contributed by atoms with Crippen LogP contribution < -0.4 is 5.73 Å². The Hall–Kier alpha value is -0.200. The Bertz CT molecular complexity index is 383. The van der Waals surface area contributed by atoms with E-state index in [0.29, 0.717) is 11.6 Å². The van der Waals surface area contributed by atoms with Crippen molar-refractivity contribution in [1.29, 1.82) is 0 Å². The largest absolute Gasteiger partial charge is 0.391 e. The minimum Gasteiger partial charge on any atom is -0.391 e. The standard InChI is InChI=1S/C10H13ClN2OS2/c11-9-2-1-7(16-9)5-13-3-4-14-8(6-13)10(12)15/h1-2,8H,3-6H2,(H2,12,15). The summed E-state index contributed by atoms with van der Waals surface area (Å²) in [5.74, 6) is 0. The van der Waals surface area contributed by atoms with E-state index < -0.39 is 0 Å². The van der Waals surface area contributed by atoms with Crippen LogP contribution in [-0.4, -0.2) is 35.7 Å². The molecule has 88 valence electrons. The maximum Gasteiger partial charge on any atom is 0.120 e. The summed E-state index contributed by atoms with van der Waals surface area (Å²) >= 11 is 12.4. The quantitative estimate of drug-likeness (QED) is 0.856. The van der Waals surface area contributed by atoms with Crippen molar-refractivity contribution in [3.8, 4) is 0 Å². The summed E-state index contributed by atoms with van der Waals surface area (Å²) in [5, 5.41) is 0. The third-order valence-electron chi connectivity index (χ3n) is 2.48. The molecule has 2 heterocycles. The molecule has 1 fully saturated rings. The van der Waals surface area contributed by atoms with Crippen LogP contribution in [0.3, 0.4) is 0 Å². The highest BCUT2D eigenvalue weighted by Gasteiger charge is 2.22. The molecule has 0 aromatic carbocycles. The van der Waals surface area contributed by atoms with Crippen molar-refractivity contribution in [3.63, 3.8) is 0 Å². The topological polar surface area (TPSA) is 38.5 Å². The molecule has 3 nitrogen and oxygen atoms in total. The van der Waals surface area contributed by atoms with Gasteiger partial charge in [-0.15, -0.1) is 11.3 Å². The van der Waals surface area contributed by atoms with Gasteiger partial charge in [0.05, 0.1) is 10.9 Å². The number of morpholine rings is 1. The van der Waals surface area contributed by atoms with E-state index in [2.05, 4.69) is 11.0 Å². The fourth-order valence-electron chi connectivity index (χ4n) is 1.68. The van der Waals surface area contributed by atoms with Gasteiger partial charge < -0.3 is 10.5 Å². The van der Waals surface area contributed by atoms with Gasteiger partial charge in [0, 0.05) is 24.5 Å². The van der Waals surface area contributed by atoms with Crippen molar-refractivity contribution in [2.24, 2.45) is 5.73 Å². The maximum absolute atomic E-state index is 5.89. The number of thiocarbonyl (C=S) groups is 1. The molecule has 16 heavy (non-hydrogen) atoms. The molecule has 0 bridgehead atoms. The van der Waals surface area contributed by atoms with Crippen molar-refractivity contribution < 1.29 is 4.74 Å². The first-order valence-electron chi connectivity index (χ1n) is 5.02. The van der Waals surface area contributed by atoms with Gasteiger partial charge >= 0.3 is 0 Å². The fraction of sp³-hybridized carbons (Fsp3) is 0.500. The van der Waals surface area contributed by atoms with E-state index in [9.17, 15) is 0 Å². The van der Waals surface area contributed by atoms with Crippen molar-refractivity contribution in [2.75, 3.05) is 19.7 Å². The molecule has 1 atom stereocenters. The molecule has 1 unspecified atom stereocenters. The Labute approximate surface area is 109 Å². The van der Waals surface area contributed by atoms with Gasteiger partial charge in [0.2, 0.25) is 0 Å². The van der Waals surface area contributed by atoms with Gasteiger partial charge in [0.1, 0.15) is 11.1 Å². The summed E-state index contributed by atoms with van der Waals surface area (Å²) in [5.41, 5.74) is 5.59. The van der Waals surface area contributed by atoms with Gasteiger partial charge in [-0.25, -0.2) is 0 Å². The molecule has 6 heteroatoms. The van der Waals surface area contributed by atoms with Crippen LogP contribution in [0.2, 0.25) is 4.34 Å². The second kappa shape index (κ2) is 5.42. The van der Waals surface area contributed by atoms with E-state index in [1.807, 2.05) is 6.07 Å². The van der Waals surface area contributed by atoms with Gasteiger partial charge in [-0.3, -0.25) is 4.90 Å². The number of rotatable bonds is 3. The lowest BCUT2D eigenvalue weighted by atomic mass is 10.2. The molecule has 1 aliphatic heterocycles. The van der Waals surface area contributed by atoms with Crippen molar-refractivity contribution in [2.45, 2.75) is 12.6 Å². The smallest absolute Gasteiger partial charge is 0.120 e. The van der Waals surface area contributed by atoms with Gasteiger partial charge in [-0.05, 0) is 12.1 Å². The second-order valence-corrected chi connectivity index (χ2v) is 5.97. The maximum atomic E-state index is 5.89. The summed E-state index contributed by atoms with van der Waals surface area (Å²) in [6.07, 6.45) is -0.112. The number of nitrogens with two attached hydrogens (primary N) is 1. The molecular formula is C10H13ClN2OS2. The lowest BCUT2D eigenvalue weighted by Crippen LogP contribution is -2.47. The van der Waals surface area contributed by atoms with Crippen LogP contribution in [0, 0.1) is 0 Å². The lowest BCUT2D eigenvalue weighted by Gasteiger charge is -2.31. The molecule has 0 aliphatic carbocycles. The van der Waals surface area contributed by atoms with Crippen LogP contribution >= 0.6 is 35.2 Å². The Morgan fingerprint density at radius 2 is 2.50 bits per heavy atom. The molecule has 1 aromatic heterocycles. The van der Waals surface area contributed by atoms with E-state index in [1.165, 1.54) is 4.88 Å². The first-order valence-corrected chi connectivity index (χ1v) is 6.63. The average Bonchev–Trinajstić information content (AvgIpc) is 2.64. The van der Waals surface area contributed by atoms with Crippen molar-refractivity contribution >= 4 is 40.1 Å².